The van der Waals surface area contributed by atoms with Crippen molar-refractivity contribution in [3.05, 3.63) is 66.4 Å². The van der Waals surface area contributed by atoms with Crippen LogP contribution >= 0.6 is 0 Å². The number of aromatic carboxylic acids is 1. The molecule has 4 rings (SSSR count). The number of carboxylic acid groups (broad SMARTS) is 1. The van der Waals surface area contributed by atoms with Crippen LogP contribution in [0.15, 0.2) is 60.8 Å². The lowest BCUT2D eigenvalue weighted by atomic mass is 10.0. The maximum Gasteiger partial charge on any atom is 0.335 e. The summed E-state index contributed by atoms with van der Waals surface area (Å²) < 4.78 is 0. The summed E-state index contributed by atoms with van der Waals surface area (Å²) in [5.74, 6) is -0.941. The standard InChI is InChI=1S/C23H21N3O2/c1-14(2)26(3)21-12-17-11-16(23(27)28)8-9-20(17)25-22(21)18-10-15-6-4-5-7-19(15)24-13-18/h4-14H,1-3H3,(H,27,28). The van der Waals surface area contributed by atoms with E-state index in [4.69, 9.17) is 4.98 Å². The predicted octanol–water partition coefficient (Wildman–Crippen LogP) is 4.99. The zero-order chi connectivity index (χ0) is 19.8. The number of rotatable bonds is 4. The number of para-hydroxylation sites is 1. The molecular formula is C23H21N3O2. The molecule has 0 fully saturated rings. The summed E-state index contributed by atoms with van der Waals surface area (Å²) >= 11 is 0. The van der Waals surface area contributed by atoms with Gasteiger partial charge in [0.05, 0.1) is 28.0 Å². The molecule has 2 heterocycles. The first-order valence-corrected chi connectivity index (χ1v) is 9.20. The summed E-state index contributed by atoms with van der Waals surface area (Å²) in [6.07, 6.45) is 1.85. The van der Waals surface area contributed by atoms with Crippen molar-refractivity contribution in [3.63, 3.8) is 0 Å². The average molecular weight is 371 g/mol. The molecule has 28 heavy (non-hydrogen) atoms. The first kappa shape index (κ1) is 17.9. The number of hydrogen-bond acceptors (Lipinski definition) is 4. The third-order valence-corrected chi connectivity index (χ3v) is 5.06. The summed E-state index contributed by atoms with van der Waals surface area (Å²) in [7, 11) is 2.02. The highest BCUT2D eigenvalue weighted by Crippen LogP contribution is 2.34. The van der Waals surface area contributed by atoms with Gasteiger partial charge in [-0.05, 0) is 50.2 Å². The molecule has 0 saturated carbocycles. The monoisotopic (exact) mass is 371 g/mol. The van der Waals surface area contributed by atoms with Crippen LogP contribution in [0.25, 0.3) is 33.1 Å². The van der Waals surface area contributed by atoms with Crippen molar-refractivity contribution < 1.29 is 9.90 Å². The summed E-state index contributed by atoms with van der Waals surface area (Å²) in [5.41, 5.74) is 4.68. The van der Waals surface area contributed by atoms with Crippen molar-refractivity contribution >= 4 is 33.5 Å². The normalized spacial score (nSPS) is 11.3. The van der Waals surface area contributed by atoms with Crippen LogP contribution in [0.4, 0.5) is 5.69 Å². The maximum absolute atomic E-state index is 11.3. The lowest BCUT2D eigenvalue weighted by Gasteiger charge is -2.26. The third kappa shape index (κ3) is 3.16. The summed E-state index contributed by atoms with van der Waals surface area (Å²) in [6.45, 7) is 4.22. The number of benzene rings is 2. The second kappa shape index (κ2) is 6.93. The summed E-state index contributed by atoms with van der Waals surface area (Å²) in [4.78, 5) is 23.0. The van der Waals surface area contributed by atoms with Crippen LogP contribution in [0.3, 0.4) is 0 Å². The number of anilines is 1. The van der Waals surface area contributed by atoms with Gasteiger partial charge in [-0.2, -0.15) is 0 Å². The molecule has 5 nitrogen and oxygen atoms in total. The van der Waals surface area contributed by atoms with Gasteiger partial charge in [-0.15, -0.1) is 0 Å². The second-order valence-electron chi connectivity index (χ2n) is 7.19. The first-order valence-electron chi connectivity index (χ1n) is 9.20. The fourth-order valence-corrected chi connectivity index (χ4v) is 3.26. The molecule has 0 atom stereocenters. The first-order chi connectivity index (χ1) is 13.4. The highest BCUT2D eigenvalue weighted by Gasteiger charge is 2.16. The van der Waals surface area contributed by atoms with Gasteiger partial charge in [0.15, 0.2) is 0 Å². The van der Waals surface area contributed by atoms with E-state index in [1.807, 2.05) is 43.6 Å². The number of nitrogens with zero attached hydrogens (tertiary/aromatic N) is 3. The number of hydrogen-bond donors (Lipinski definition) is 1. The van der Waals surface area contributed by atoms with E-state index in [0.29, 0.717) is 0 Å². The topological polar surface area (TPSA) is 66.3 Å². The van der Waals surface area contributed by atoms with Crippen LogP contribution in [0, 0.1) is 0 Å². The van der Waals surface area contributed by atoms with Crippen LogP contribution < -0.4 is 4.90 Å². The summed E-state index contributed by atoms with van der Waals surface area (Å²) in [6, 6.07) is 17.4. The van der Waals surface area contributed by atoms with Gasteiger partial charge in [0.25, 0.3) is 0 Å². The minimum atomic E-state index is -0.941. The Kier molecular flexibility index (Phi) is 4.43. The lowest BCUT2D eigenvalue weighted by molar-refractivity contribution is 0.0697. The van der Waals surface area contributed by atoms with Gasteiger partial charge in [-0.3, -0.25) is 4.98 Å². The van der Waals surface area contributed by atoms with Crippen LogP contribution in [0.1, 0.15) is 24.2 Å². The molecule has 0 unspecified atom stereocenters. The van der Waals surface area contributed by atoms with E-state index in [0.717, 1.165) is 38.8 Å². The molecule has 0 aliphatic heterocycles. The van der Waals surface area contributed by atoms with Gasteiger partial charge in [-0.25, -0.2) is 9.78 Å². The van der Waals surface area contributed by atoms with E-state index in [1.54, 1.807) is 18.2 Å². The van der Waals surface area contributed by atoms with E-state index in [-0.39, 0.29) is 11.6 Å². The molecule has 0 aliphatic rings. The molecule has 140 valence electrons. The van der Waals surface area contributed by atoms with Crippen molar-refractivity contribution in [2.75, 3.05) is 11.9 Å². The number of pyridine rings is 2. The molecule has 4 aromatic rings. The Labute approximate surface area is 163 Å². The summed E-state index contributed by atoms with van der Waals surface area (Å²) in [5, 5.41) is 11.2. The largest absolute Gasteiger partial charge is 0.478 e. The molecule has 1 N–H and O–H groups in total. The van der Waals surface area contributed by atoms with E-state index < -0.39 is 5.97 Å². The molecule has 0 bridgehead atoms. The molecule has 5 heteroatoms. The van der Waals surface area contributed by atoms with Crippen LogP contribution in [0.2, 0.25) is 0 Å². The maximum atomic E-state index is 11.3. The molecule has 0 radical (unpaired) electrons. The Balaban J connectivity index is 1.97. The third-order valence-electron chi connectivity index (χ3n) is 5.06. The molecule has 0 aliphatic carbocycles. The van der Waals surface area contributed by atoms with Crippen LogP contribution in [0.5, 0.6) is 0 Å². The van der Waals surface area contributed by atoms with Crippen molar-refractivity contribution in [1.82, 2.24) is 9.97 Å². The Morgan fingerprint density at radius 1 is 1.00 bits per heavy atom. The van der Waals surface area contributed by atoms with E-state index >= 15 is 0 Å². The Morgan fingerprint density at radius 3 is 2.54 bits per heavy atom. The Morgan fingerprint density at radius 2 is 1.79 bits per heavy atom. The molecule has 0 saturated heterocycles. The average Bonchev–Trinajstić information content (AvgIpc) is 2.71. The van der Waals surface area contributed by atoms with Crippen molar-refractivity contribution in [3.8, 4) is 11.3 Å². The van der Waals surface area contributed by atoms with Gasteiger partial charge < -0.3 is 10.0 Å². The Bertz CT molecular complexity index is 1200. The van der Waals surface area contributed by atoms with E-state index in [1.165, 1.54) is 0 Å². The minimum absolute atomic E-state index is 0.257. The predicted molar refractivity (Wildman–Crippen MR) is 113 cm³/mol. The van der Waals surface area contributed by atoms with Gasteiger partial charge >= 0.3 is 5.97 Å². The number of aromatic nitrogens is 2. The van der Waals surface area contributed by atoms with Gasteiger partial charge in [0, 0.05) is 35.6 Å². The van der Waals surface area contributed by atoms with Gasteiger partial charge in [0.2, 0.25) is 0 Å². The number of carbonyl (C=O) groups is 1. The second-order valence-corrected chi connectivity index (χ2v) is 7.19. The quantitative estimate of drug-likeness (QED) is 0.547. The van der Waals surface area contributed by atoms with Crippen LogP contribution in [-0.4, -0.2) is 34.1 Å². The zero-order valence-electron chi connectivity index (χ0n) is 16.0. The highest BCUT2D eigenvalue weighted by atomic mass is 16.4. The smallest absolute Gasteiger partial charge is 0.335 e. The number of fused-ring (bicyclic) bond motifs is 2. The van der Waals surface area contributed by atoms with Gasteiger partial charge in [-0.1, -0.05) is 18.2 Å². The minimum Gasteiger partial charge on any atom is -0.478 e. The Hall–Kier alpha value is -3.47. The van der Waals surface area contributed by atoms with Crippen molar-refractivity contribution in [2.45, 2.75) is 19.9 Å². The van der Waals surface area contributed by atoms with Crippen molar-refractivity contribution in [1.29, 1.82) is 0 Å². The highest BCUT2D eigenvalue weighted by molar-refractivity contribution is 5.96. The zero-order valence-corrected chi connectivity index (χ0v) is 16.0. The van der Waals surface area contributed by atoms with Crippen LogP contribution in [-0.2, 0) is 0 Å². The molecule has 2 aromatic heterocycles. The number of carboxylic acids is 1. The fraction of sp³-hybridized carbons (Fsp3) is 0.174. The molecule has 2 aromatic carbocycles. The molecular weight excluding hydrogens is 350 g/mol. The van der Waals surface area contributed by atoms with Crippen molar-refractivity contribution in [2.24, 2.45) is 0 Å². The van der Waals surface area contributed by atoms with E-state index in [9.17, 15) is 9.90 Å². The lowest BCUT2D eigenvalue weighted by Crippen LogP contribution is -2.26. The van der Waals surface area contributed by atoms with Gasteiger partial charge in [0.1, 0.15) is 0 Å². The fourth-order valence-electron chi connectivity index (χ4n) is 3.26. The molecule has 0 amide bonds. The van der Waals surface area contributed by atoms with E-state index in [2.05, 4.69) is 29.8 Å². The SMILES string of the molecule is CC(C)N(C)c1cc2cc(C(=O)O)ccc2nc1-c1cnc2ccccc2c1. The molecule has 0 spiro atoms.